The third kappa shape index (κ3) is 3.18. The molecule has 0 bridgehead atoms. The Bertz CT molecular complexity index is 946. The predicted molar refractivity (Wildman–Crippen MR) is 91.6 cm³/mol. The second-order valence-electron chi connectivity index (χ2n) is 6.60. The highest BCUT2D eigenvalue weighted by atomic mass is 16.3. The van der Waals surface area contributed by atoms with E-state index in [-0.39, 0.29) is 11.7 Å². The number of hydrogen-bond donors (Lipinski definition) is 1. The molecule has 1 N–H and O–H groups in total. The number of furan rings is 1. The van der Waals surface area contributed by atoms with Crippen LogP contribution in [0.3, 0.4) is 0 Å². The van der Waals surface area contributed by atoms with Gasteiger partial charge in [0, 0.05) is 23.9 Å². The lowest BCUT2D eigenvalue weighted by molar-refractivity contribution is 0.0902. The highest BCUT2D eigenvalue weighted by Crippen LogP contribution is 2.38. The molecule has 1 saturated carbocycles. The van der Waals surface area contributed by atoms with Gasteiger partial charge in [0.15, 0.2) is 11.5 Å². The second kappa shape index (κ2) is 6.52. The molecule has 4 rings (SSSR count). The first-order chi connectivity index (χ1) is 12.3. The van der Waals surface area contributed by atoms with Crippen LogP contribution in [0.2, 0.25) is 0 Å². The number of ketones is 1. The van der Waals surface area contributed by atoms with Gasteiger partial charge in [0.1, 0.15) is 23.9 Å². The van der Waals surface area contributed by atoms with Crippen LogP contribution in [0.25, 0.3) is 22.5 Å². The van der Waals surface area contributed by atoms with E-state index in [2.05, 4.69) is 21.0 Å². The number of fused-ring (bicyclic) bond motifs is 1. The van der Waals surface area contributed by atoms with Gasteiger partial charge in [0.05, 0.1) is 11.6 Å². The first-order valence-electron chi connectivity index (χ1n) is 8.54. The average Bonchev–Trinajstić information content (AvgIpc) is 3.12. The standard InChI is InChI=1S/C19H18N4O2/c20-6-1-2-13(8-12-3-4-12)18(24)14-9-16(25-10-14)17-15-5-7-21-19(15)23-11-22-17/h5,7,9-13H,1-4,8H2,(H,21,22,23). The predicted octanol–water partition coefficient (Wildman–Crippen LogP) is 4.12. The number of aromatic nitrogens is 3. The molecule has 3 heterocycles. The molecule has 126 valence electrons. The Labute approximate surface area is 144 Å². The largest absolute Gasteiger partial charge is 0.462 e. The van der Waals surface area contributed by atoms with Crippen LogP contribution in [0.5, 0.6) is 0 Å². The van der Waals surface area contributed by atoms with E-state index in [0.29, 0.717) is 35.8 Å². The van der Waals surface area contributed by atoms with Gasteiger partial charge in [-0.3, -0.25) is 4.79 Å². The lowest BCUT2D eigenvalue weighted by Gasteiger charge is -2.12. The van der Waals surface area contributed by atoms with E-state index in [1.807, 2.05) is 6.07 Å². The van der Waals surface area contributed by atoms with Crippen molar-refractivity contribution in [1.82, 2.24) is 15.0 Å². The molecule has 1 atom stereocenters. The molecule has 1 unspecified atom stereocenters. The van der Waals surface area contributed by atoms with Crippen LogP contribution >= 0.6 is 0 Å². The van der Waals surface area contributed by atoms with Crippen molar-refractivity contribution in [2.75, 3.05) is 0 Å². The quantitative estimate of drug-likeness (QED) is 0.656. The van der Waals surface area contributed by atoms with E-state index < -0.39 is 0 Å². The van der Waals surface area contributed by atoms with Crippen molar-refractivity contribution in [3.8, 4) is 17.5 Å². The smallest absolute Gasteiger partial charge is 0.169 e. The molecule has 1 fully saturated rings. The Kier molecular flexibility index (Phi) is 4.06. The molecular weight excluding hydrogens is 316 g/mol. The number of aromatic amines is 1. The summed E-state index contributed by atoms with van der Waals surface area (Å²) in [6.45, 7) is 0. The molecule has 0 saturated heterocycles. The Balaban J connectivity index is 1.60. The molecule has 0 amide bonds. The summed E-state index contributed by atoms with van der Waals surface area (Å²) in [5.41, 5.74) is 1.96. The zero-order chi connectivity index (χ0) is 17.2. The first kappa shape index (κ1) is 15.6. The Morgan fingerprint density at radius 3 is 3.12 bits per heavy atom. The Morgan fingerprint density at radius 2 is 2.32 bits per heavy atom. The van der Waals surface area contributed by atoms with Gasteiger partial charge < -0.3 is 9.40 Å². The number of Topliss-reactive ketones (excluding diaryl/α,β-unsaturated/α-hetero) is 1. The number of nitrogens with one attached hydrogen (secondary N) is 1. The van der Waals surface area contributed by atoms with Crippen LogP contribution in [-0.2, 0) is 0 Å². The maximum absolute atomic E-state index is 12.9. The Hall–Kier alpha value is -2.94. The lowest BCUT2D eigenvalue weighted by atomic mass is 9.89. The van der Waals surface area contributed by atoms with E-state index in [9.17, 15) is 4.79 Å². The van der Waals surface area contributed by atoms with Crippen LogP contribution in [0.15, 0.2) is 35.3 Å². The van der Waals surface area contributed by atoms with Crippen LogP contribution in [0.1, 0.15) is 42.5 Å². The third-order valence-corrected chi connectivity index (χ3v) is 4.76. The summed E-state index contributed by atoms with van der Waals surface area (Å²) in [5, 5.41) is 9.71. The van der Waals surface area contributed by atoms with Gasteiger partial charge in [-0.05, 0) is 30.9 Å². The molecule has 6 nitrogen and oxygen atoms in total. The minimum Gasteiger partial charge on any atom is -0.462 e. The van der Waals surface area contributed by atoms with Gasteiger partial charge in [-0.2, -0.15) is 5.26 Å². The van der Waals surface area contributed by atoms with E-state index in [0.717, 1.165) is 17.5 Å². The molecular formula is C19H18N4O2. The summed E-state index contributed by atoms with van der Waals surface area (Å²) in [6, 6.07) is 5.79. The minimum absolute atomic E-state index is 0.0662. The molecule has 1 aliphatic rings. The zero-order valence-corrected chi connectivity index (χ0v) is 13.7. The molecule has 25 heavy (non-hydrogen) atoms. The number of rotatable bonds is 7. The summed E-state index contributed by atoms with van der Waals surface area (Å²) in [7, 11) is 0. The zero-order valence-electron chi connectivity index (χ0n) is 13.7. The normalized spacial score (nSPS) is 15.2. The van der Waals surface area contributed by atoms with Crippen molar-refractivity contribution in [2.45, 2.75) is 32.1 Å². The fourth-order valence-corrected chi connectivity index (χ4v) is 3.24. The summed E-state index contributed by atoms with van der Waals surface area (Å²) in [4.78, 5) is 24.4. The van der Waals surface area contributed by atoms with E-state index >= 15 is 0 Å². The van der Waals surface area contributed by atoms with Crippen molar-refractivity contribution in [1.29, 1.82) is 5.26 Å². The van der Waals surface area contributed by atoms with Crippen LogP contribution < -0.4 is 0 Å². The SMILES string of the molecule is N#CCCC(CC1CC1)C(=O)c1coc(-c2ncnc3[nH]ccc23)c1. The fourth-order valence-electron chi connectivity index (χ4n) is 3.24. The lowest BCUT2D eigenvalue weighted by Crippen LogP contribution is -2.15. The minimum atomic E-state index is -0.102. The Morgan fingerprint density at radius 1 is 1.44 bits per heavy atom. The van der Waals surface area contributed by atoms with Gasteiger partial charge in [-0.1, -0.05) is 12.8 Å². The molecule has 6 heteroatoms. The maximum atomic E-state index is 12.9. The summed E-state index contributed by atoms with van der Waals surface area (Å²) >= 11 is 0. The molecule has 0 radical (unpaired) electrons. The molecule has 0 aromatic carbocycles. The fraction of sp³-hybridized carbons (Fsp3) is 0.368. The topological polar surface area (TPSA) is 95.6 Å². The van der Waals surface area contributed by atoms with E-state index in [4.69, 9.17) is 9.68 Å². The highest BCUT2D eigenvalue weighted by molar-refractivity contribution is 5.99. The number of carbonyl (C=O) groups is 1. The monoisotopic (exact) mass is 334 g/mol. The third-order valence-electron chi connectivity index (χ3n) is 4.76. The maximum Gasteiger partial charge on any atom is 0.169 e. The average molecular weight is 334 g/mol. The van der Waals surface area contributed by atoms with Crippen LogP contribution in [0, 0.1) is 23.2 Å². The summed E-state index contributed by atoms with van der Waals surface area (Å²) in [5.74, 6) is 1.16. The summed E-state index contributed by atoms with van der Waals surface area (Å²) < 4.78 is 5.63. The van der Waals surface area contributed by atoms with Gasteiger partial charge >= 0.3 is 0 Å². The van der Waals surface area contributed by atoms with Crippen molar-refractivity contribution in [3.05, 3.63) is 36.5 Å². The van der Waals surface area contributed by atoms with Crippen molar-refractivity contribution in [3.63, 3.8) is 0 Å². The molecule has 1 aliphatic carbocycles. The van der Waals surface area contributed by atoms with E-state index in [1.165, 1.54) is 25.4 Å². The molecule has 3 aromatic rings. The highest BCUT2D eigenvalue weighted by Gasteiger charge is 2.30. The van der Waals surface area contributed by atoms with Gasteiger partial charge in [0.25, 0.3) is 0 Å². The molecule has 0 aliphatic heterocycles. The molecule has 0 spiro atoms. The van der Waals surface area contributed by atoms with Gasteiger partial charge in [0.2, 0.25) is 0 Å². The number of carbonyl (C=O) groups excluding carboxylic acids is 1. The van der Waals surface area contributed by atoms with E-state index in [1.54, 1.807) is 12.3 Å². The van der Waals surface area contributed by atoms with Crippen LogP contribution in [-0.4, -0.2) is 20.7 Å². The van der Waals surface area contributed by atoms with Crippen molar-refractivity contribution < 1.29 is 9.21 Å². The van der Waals surface area contributed by atoms with Crippen molar-refractivity contribution >= 4 is 16.8 Å². The number of nitriles is 1. The van der Waals surface area contributed by atoms with Crippen LogP contribution in [0.4, 0.5) is 0 Å². The van der Waals surface area contributed by atoms with Crippen molar-refractivity contribution in [2.24, 2.45) is 11.8 Å². The van der Waals surface area contributed by atoms with Gasteiger partial charge in [-0.25, -0.2) is 9.97 Å². The molecule has 3 aromatic heterocycles. The number of hydrogen-bond acceptors (Lipinski definition) is 5. The number of nitrogens with zero attached hydrogens (tertiary/aromatic N) is 3. The summed E-state index contributed by atoms with van der Waals surface area (Å²) in [6.07, 6.45) is 9.05. The first-order valence-corrected chi connectivity index (χ1v) is 8.54. The number of H-pyrrole nitrogens is 1. The van der Waals surface area contributed by atoms with Gasteiger partial charge in [-0.15, -0.1) is 0 Å². The second-order valence-corrected chi connectivity index (χ2v) is 6.60.